The molecule has 8 aromatic heterocycles. The molecular formula is C94H68N18O14S4+2. The molecule has 0 radical (unpaired) electrons. The molecule has 0 fully saturated rings. The number of azo groups is 4. The predicted molar refractivity (Wildman–Crippen MR) is 498 cm³/mol. The molecule has 0 aliphatic heterocycles. The highest BCUT2D eigenvalue weighted by molar-refractivity contribution is 7.13. The van der Waals surface area contributed by atoms with Crippen molar-refractivity contribution in [2.45, 2.75) is 0 Å². The van der Waals surface area contributed by atoms with Crippen molar-refractivity contribution in [1.82, 2.24) is 0 Å². The van der Waals surface area contributed by atoms with Crippen molar-refractivity contribution in [1.29, 1.82) is 0 Å². The first-order chi connectivity index (χ1) is 63.2. The molecule has 640 valence electrons. The monoisotopic (exact) mass is 1800 g/mol. The molecule has 0 saturated carbocycles. The largest absolute Gasteiger partial charge is 0.459 e. The second-order valence-electron chi connectivity index (χ2n) is 26.6. The van der Waals surface area contributed by atoms with E-state index < -0.39 is 23.6 Å². The van der Waals surface area contributed by atoms with Gasteiger partial charge in [-0.15, -0.1) is 78.7 Å². The molecule has 8 N–H and O–H groups in total. The number of nitrogens with zero attached hydrogens (tertiary/aromatic N) is 10. The lowest BCUT2D eigenvalue weighted by atomic mass is 10.2. The number of hydrogen-bond acceptors (Lipinski definition) is 26. The fraction of sp³-hybridized carbons (Fsp3) is 0.0213. The number of nitroso groups, excluding NO2 is 2. The lowest BCUT2D eigenvalue weighted by molar-refractivity contribution is -0.428. The number of carbonyl (C=O) groups excluding carboxylic acids is 8. The van der Waals surface area contributed by atoms with Gasteiger partial charge in [-0.25, -0.2) is 0 Å². The summed E-state index contributed by atoms with van der Waals surface area (Å²) >= 11 is 5.34. The Kier molecular flexibility index (Phi) is 30.8. The van der Waals surface area contributed by atoms with Crippen LogP contribution in [0.2, 0.25) is 0 Å². The van der Waals surface area contributed by atoms with Gasteiger partial charge in [-0.2, -0.15) is 20.5 Å². The number of thiophene rings is 4. The summed E-state index contributed by atoms with van der Waals surface area (Å²) in [6.07, 6.45) is 16.3. The maximum Gasteiger partial charge on any atom is 0.291 e. The topological polar surface area (TPSA) is 424 Å². The molecule has 0 spiro atoms. The molecule has 8 amide bonds. The highest BCUT2D eigenvalue weighted by atomic mass is 32.1. The van der Waals surface area contributed by atoms with Crippen LogP contribution in [-0.2, 0) is 0 Å². The number of amides is 8. The van der Waals surface area contributed by atoms with E-state index in [4.69, 9.17) is 30.5 Å². The minimum Gasteiger partial charge on any atom is -0.459 e. The summed E-state index contributed by atoms with van der Waals surface area (Å²) in [4.78, 5) is 125. The van der Waals surface area contributed by atoms with Crippen LogP contribution in [0.25, 0.3) is 0 Å². The lowest BCUT2D eigenvalue weighted by Crippen LogP contribution is -2.13. The SMILES string of the molecule is C#Cc1ccc(N=Nc2ccc(NC(=O)c3ccco3)cc2NC(=O)c2ccco2)cc1.C#Cc1ccc(N=Nc2ccc(NC(=O)c3cccs3)cc2NC(=O)c2cccs2)cc1.C[N+](=O)c1ccc(N=Nc2ccc(NC(=O)c3ccco3)cc2NC(=O)c2ccco2)cc1.C[N+](=O)c1ccc(N=Nc2ccc(NC(=O)c3cccs3)cc2NC(=O)c2cccs2)cc1. The van der Waals surface area contributed by atoms with Gasteiger partial charge in [0, 0.05) is 77.5 Å². The zero-order chi connectivity index (χ0) is 91.1. The third-order valence-electron chi connectivity index (χ3n) is 17.6. The molecule has 8 aromatic carbocycles. The van der Waals surface area contributed by atoms with Gasteiger partial charge in [-0.05, 0) is 240 Å². The van der Waals surface area contributed by atoms with Crippen molar-refractivity contribution in [2.75, 3.05) is 56.6 Å². The Morgan fingerprint density at radius 2 is 0.508 bits per heavy atom. The van der Waals surface area contributed by atoms with Crippen LogP contribution in [0.15, 0.2) is 372 Å². The predicted octanol–water partition coefficient (Wildman–Crippen LogP) is 25.1. The van der Waals surface area contributed by atoms with Crippen molar-refractivity contribution < 1.29 is 65.5 Å². The average Bonchev–Trinajstić information content (AvgIpc) is 1.83. The number of rotatable bonds is 26. The van der Waals surface area contributed by atoms with Gasteiger partial charge in [-0.3, -0.25) is 38.4 Å². The van der Waals surface area contributed by atoms with Crippen LogP contribution in [0.4, 0.5) is 102 Å². The molecule has 0 bridgehead atoms. The Morgan fingerprint density at radius 1 is 0.277 bits per heavy atom. The summed E-state index contributed by atoms with van der Waals surface area (Å²) in [7, 11) is 2.81. The lowest BCUT2D eigenvalue weighted by Gasteiger charge is -2.10. The van der Waals surface area contributed by atoms with E-state index in [2.05, 4.69) is 95.3 Å². The highest BCUT2D eigenvalue weighted by Crippen LogP contribution is 2.37. The summed E-state index contributed by atoms with van der Waals surface area (Å²) in [6, 6.07) is 73.5. The van der Waals surface area contributed by atoms with E-state index in [1.807, 2.05) is 27.6 Å². The molecule has 0 atom stereocenters. The van der Waals surface area contributed by atoms with Crippen LogP contribution in [-0.4, -0.2) is 70.9 Å². The fourth-order valence-corrected chi connectivity index (χ4v) is 13.6. The van der Waals surface area contributed by atoms with Crippen LogP contribution in [0.3, 0.4) is 0 Å². The number of nitrogens with one attached hydrogen (secondary N) is 8. The molecule has 0 saturated heterocycles. The maximum atomic E-state index is 12.6. The zero-order valence-corrected chi connectivity index (χ0v) is 71.3. The summed E-state index contributed by atoms with van der Waals surface area (Å²) in [5.74, 6) is 2.78. The zero-order valence-electron chi connectivity index (χ0n) is 68.0. The van der Waals surface area contributed by atoms with Crippen LogP contribution in [0, 0.1) is 34.5 Å². The first-order valence-electron chi connectivity index (χ1n) is 38.4. The van der Waals surface area contributed by atoms with Gasteiger partial charge in [0.15, 0.2) is 37.1 Å². The average molecular weight is 1800 g/mol. The second-order valence-corrected chi connectivity index (χ2v) is 30.4. The molecule has 0 aliphatic rings. The molecular weight excluding hydrogens is 1730 g/mol. The van der Waals surface area contributed by atoms with E-state index in [1.54, 1.807) is 243 Å². The third-order valence-corrected chi connectivity index (χ3v) is 21.0. The van der Waals surface area contributed by atoms with Gasteiger partial charge in [-0.1, -0.05) is 36.1 Å². The van der Waals surface area contributed by atoms with E-state index in [-0.39, 0.29) is 46.7 Å². The summed E-state index contributed by atoms with van der Waals surface area (Å²) in [5.41, 5.74) is 9.65. The van der Waals surface area contributed by atoms with Gasteiger partial charge < -0.3 is 60.2 Å². The first-order valence-corrected chi connectivity index (χ1v) is 41.9. The number of furan rings is 4. The van der Waals surface area contributed by atoms with E-state index in [1.165, 1.54) is 103 Å². The van der Waals surface area contributed by atoms with E-state index in [9.17, 15) is 48.2 Å². The minimum absolute atomic E-state index is 0.111. The quantitative estimate of drug-likeness (QED) is 0.0142. The van der Waals surface area contributed by atoms with Gasteiger partial charge in [0.2, 0.25) is 0 Å². The van der Waals surface area contributed by atoms with Crippen LogP contribution < -0.4 is 42.5 Å². The standard InChI is InChI=1S/C24H16N4O4.C24H16N4O2S2.C23H17N5O5.C23H17N5O3S2/c2*1-2-16-7-9-17(10-8-16)27-28-19-12-11-18(25-23(29)21-5-3-13-31-21)15-20(19)26-24(30)22-6-4-14-32-22;2*1-28(31)17-9-6-15(7-10-17)26-27-18-11-8-16(24-22(29)20-4-2-12-32-20)14-19(18)25-23(30)21-5-3-13-33-21/h2*1,3-15H,(H,25,29)(H,26,30);2*2-14H,1H3,(H-,24,25,26,29,30,31)/p+2. The Bertz CT molecular complexity index is 6480. The normalized spacial score (nSPS) is 10.7. The summed E-state index contributed by atoms with van der Waals surface area (Å²) < 4.78 is 22.0. The summed E-state index contributed by atoms with van der Waals surface area (Å²) in [5, 5.41) is 63.3. The van der Waals surface area contributed by atoms with Crippen LogP contribution in [0.1, 0.15) is 92.0 Å². The number of carbonyl (C=O) groups is 8. The fourth-order valence-electron chi connectivity index (χ4n) is 11.1. The highest BCUT2D eigenvalue weighted by Gasteiger charge is 2.21. The summed E-state index contributed by atoms with van der Waals surface area (Å²) in [6.45, 7) is 0. The molecule has 32 nitrogen and oxygen atoms in total. The van der Waals surface area contributed by atoms with E-state index in [0.29, 0.717) is 122 Å². The molecule has 16 aromatic rings. The molecule has 8 heterocycles. The van der Waals surface area contributed by atoms with Crippen LogP contribution >= 0.6 is 45.3 Å². The Labute approximate surface area is 754 Å². The Morgan fingerprint density at radius 3 is 0.731 bits per heavy atom. The number of benzene rings is 8. The third kappa shape index (κ3) is 25.7. The number of hydrogen-bond donors (Lipinski definition) is 8. The first kappa shape index (κ1) is 89.9. The number of anilines is 8. The minimum atomic E-state index is -0.492. The van der Waals surface area contributed by atoms with E-state index >= 15 is 0 Å². The van der Waals surface area contributed by atoms with Gasteiger partial charge in [0.05, 0.1) is 90.1 Å². The van der Waals surface area contributed by atoms with Crippen molar-refractivity contribution in [3.63, 3.8) is 0 Å². The van der Waals surface area contributed by atoms with Crippen molar-refractivity contribution in [3.05, 3.63) is 377 Å². The molecule has 130 heavy (non-hydrogen) atoms. The molecule has 36 heteroatoms. The maximum absolute atomic E-state index is 12.6. The Balaban J connectivity index is 0.000000148. The smallest absolute Gasteiger partial charge is 0.291 e. The molecule has 0 unspecified atom stereocenters. The molecule has 16 rings (SSSR count). The molecule has 0 aliphatic carbocycles. The Hall–Kier alpha value is -17.8. The van der Waals surface area contributed by atoms with Gasteiger partial charge in [0.25, 0.3) is 58.6 Å². The van der Waals surface area contributed by atoms with Crippen molar-refractivity contribution in [2.24, 2.45) is 40.9 Å². The van der Waals surface area contributed by atoms with Crippen molar-refractivity contribution >= 4 is 195 Å². The van der Waals surface area contributed by atoms with Gasteiger partial charge in [0.1, 0.15) is 22.7 Å². The van der Waals surface area contributed by atoms with Gasteiger partial charge >= 0.3 is 0 Å². The van der Waals surface area contributed by atoms with E-state index in [0.717, 1.165) is 20.6 Å². The number of terminal acetylenes is 2. The second kappa shape index (κ2) is 44.5. The van der Waals surface area contributed by atoms with Crippen molar-refractivity contribution in [3.8, 4) is 24.7 Å². The van der Waals surface area contributed by atoms with Crippen LogP contribution in [0.5, 0.6) is 0 Å².